The molecule has 0 fully saturated rings. The van der Waals surface area contributed by atoms with Gasteiger partial charge in [-0.25, -0.2) is 0 Å². The highest BCUT2D eigenvalue weighted by Gasteiger charge is 2.20. The van der Waals surface area contributed by atoms with Crippen molar-refractivity contribution in [2.45, 2.75) is 6.04 Å². The summed E-state index contributed by atoms with van der Waals surface area (Å²) in [7, 11) is 5.74. The molecule has 0 aromatic heterocycles. The number of hydrogen-bond donors (Lipinski definition) is 3. The molecule has 0 unspecified atom stereocenters. The van der Waals surface area contributed by atoms with Gasteiger partial charge in [0, 0.05) is 5.56 Å². The molecule has 140 valence electrons. The molecule has 1 atom stereocenters. The van der Waals surface area contributed by atoms with Crippen LogP contribution in [0.15, 0.2) is 60.7 Å². The van der Waals surface area contributed by atoms with E-state index in [-0.39, 0.29) is 23.3 Å². The van der Waals surface area contributed by atoms with Crippen LogP contribution in [-0.2, 0) is 0 Å². The number of ether oxygens (including phenoxy) is 1. The number of hydrogen-bond acceptors (Lipinski definition) is 3. The number of rotatable bonds is 6. The van der Waals surface area contributed by atoms with E-state index in [1.807, 2.05) is 48.5 Å². The minimum atomic E-state index is -0.280. The summed E-state index contributed by atoms with van der Waals surface area (Å²) in [4.78, 5) is 13.9. The molecule has 1 amide bonds. The van der Waals surface area contributed by atoms with Crippen molar-refractivity contribution in [3.05, 3.63) is 71.8 Å². The first kappa shape index (κ1) is 18.7. The van der Waals surface area contributed by atoms with Crippen molar-refractivity contribution in [2.24, 2.45) is 0 Å². The summed E-state index contributed by atoms with van der Waals surface area (Å²) >= 11 is 0. The van der Waals surface area contributed by atoms with Crippen molar-refractivity contribution in [2.75, 3.05) is 27.7 Å². The lowest BCUT2D eigenvalue weighted by molar-refractivity contribution is -0.890. The van der Waals surface area contributed by atoms with E-state index in [2.05, 4.69) is 19.4 Å². The number of nitrogens with one attached hydrogen (secondary N) is 2. The van der Waals surface area contributed by atoms with Crippen LogP contribution in [0, 0.1) is 0 Å². The van der Waals surface area contributed by atoms with Gasteiger partial charge in [-0.1, -0.05) is 24.3 Å². The molecule has 0 aliphatic carbocycles. The molecule has 0 heterocycles. The predicted molar refractivity (Wildman–Crippen MR) is 106 cm³/mol. The van der Waals surface area contributed by atoms with E-state index in [0.717, 1.165) is 22.1 Å². The third kappa shape index (κ3) is 4.20. The summed E-state index contributed by atoms with van der Waals surface area (Å²) in [6.45, 7) is 0.458. The second-order valence-electron chi connectivity index (χ2n) is 6.83. The summed E-state index contributed by atoms with van der Waals surface area (Å²) in [5.41, 5.74) is 1.40. The molecular formula is C22H25N2O3+. The Bertz CT molecular complexity index is 936. The van der Waals surface area contributed by atoms with E-state index in [1.54, 1.807) is 19.2 Å². The van der Waals surface area contributed by atoms with E-state index in [0.29, 0.717) is 6.54 Å². The van der Waals surface area contributed by atoms with Gasteiger partial charge in [0.05, 0.1) is 33.3 Å². The molecule has 0 aliphatic heterocycles. The van der Waals surface area contributed by atoms with E-state index < -0.39 is 0 Å². The lowest BCUT2D eigenvalue weighted by Gasteiger charge is -2.22. The van der Waals surface area contributed by atoms with Gasteiger partial charge in [0.25, 0.3) is 5.91 Å². The average Bonchev–Trinajstić information content (AvgIpc) is 2.67. The van der Waals surface area contributed by atoms with Crippen LogP contribution < -0.4 is 15.0 Å². The highest BCUT2D eigenvalue weighted by atomic mass is 16.5. The summed E-state index contributed by atoms with van der Waals surface area (Å²) in [6.07, 6.45) is 0. The lowest BCUT2D eigenvalue weighted by Crippen LogP contribution is -3.07. The number of likely N-dealkylation sites (N-methyl/N-ethyl adjacent to an activating group) is 1. The van der Waals surface area contributed by atoms with Crippen molar-refractivity contribution < 1.29 is 19.5 Å². The number of carbonyl (C=O) groups is 1. The quantitative estimate of drug-likeness (QED) is 0.627. The zero-order valence-corrected chi connectivity index (χ0v) is 15.8. The Morgan fingerprint density at radius 2 is 1.70 bits per heavy atom. The first-order valence-corrected chi connectivity index (χ1v) is 8.93. The Kier molecular flexibility index (Phi) is 5.62. The smallest absolute Gasteiger partial charge is 0.255 e. The van der Waals surface area contributed by atoms with E-state index in [4.69, 9.17) is 4.74 Å². The van der Waals surface area contributed by atoms with Gasteiger partial charge in [-0.05, 0) is 47.2 Å². The van der Waals surface area contributed by atoms with E-state index in [1.165, 1.54) is 4.90 Å². The van der Waals surface area contributed by atoms with Crippen LogP contribution in [0.5, 0.6) is 11.5 Å². The minimum Gasteiger partial charge on any atom is -0.507 e. The molecule has 5 nitrogen and oxygen atoms in total. The molecule has 0 aliphatic rings. The summed E-state index contributed by atoms with van der Waals surface area (Å²) in [5.74, 6) is 0.513. The topological polar surface area (TPSA) is 63.0 Å². The van der Waals surface area contributed by atoms with Gasteiger partial charge in [0.15, 0.2) is 0 Å². The maximum atomic E-state index is 12.7. The third-order valence-electron chi connectivity index (χ3n) is 4.79. The number of quaternary nitrogens is 1. The maximum absolute atomic E-state index is 12.7. The number of phenols is 1. The highest BCUT2D eigenvalue weighted by Crippen LogP contribution is 2.25. The second-order valence-corrected chi connectivity index (χ2v) is 6.83. The van der Waals surface area contributed by atoms with Crippen LogP contribution in [0.2, 0.25) is 0 Å². The molecule has 0 saturated heterocycles. The molecule has 0 spiro atoms. The monoisotopic (exact) mass is 365 g/mol. The van der Waals surface area contributed by atoms with Crippen molar-refractivity contribution in [1.29, 1.82) is 0 Å². The predicted octanol–water partition coefficient (Wildman–Crippen LogP) is 2.17. The normalized spacial score (nSPS) is 12.1. The average molecular weight is 365 g/mol. The molecule has 3 rings (SSSR count). The first-order valence-electron chi connectivity index (χ1n) is 8.93. The molecule has 3 N–H and O–H groups in total. The van der Waals surface area contributed by atoms with Gasteiger partial charge in [-0.15, -0.1) is 0 Å². The second kappa shape index (κ2) is 8.10. The van der Waals surface area contributed by atoms with Crippen LogP contribution >= 0.6 is 0 Å². The Hall–Kier alpha value is -3.05. The van der Waals surface area contributed by atoms with Crippen LogP contribution in [0.1, 0.15) is 22.0 Å². The zero-order valence-electron chi connectivity index (χ0n) is 15.8. The Morgan fingerprint density at radius 1 is 1.07 bits per heavy atom. The molecule has 0 saturated carbocycles. The molecule has 0 radical (unpaired) electrons. The summed E-state index contributed by atoms with van der Waals surface area (Å²) in [5, 5.41) is 15.0. The van der Waals surface area contributed by atoms with Crippen LogP contribution in [0.25, 0.3) is 10.8 Å². The fraction of sp³-hybridized carbons (Fsp3) is 0.227. The Morgan fingerprint density at radius 3 is 2.30 bits per heavy atom. The number of phenolic OH excluding ortho intramolecular Hbond substituents is 1. The number of benzene rings is 3. The van der Waals surface area contributed by atoms with Crippen LogP contribution in [0.3, 0.4) is 0 Å². The van der Waals surface area contributed by atoms with Gasteiger partial charge < -0.3 is 20.1 Å². The van der Waals surface area contributed by atoms with Crippen LogP contribution in [0.4, 0.5) is 0 Å². The first-order chi connectivity index (χ1) is 13.0. The molecular weight excluding hydrogens is 340 g/mol. The fourth-order valence-corrected chi connectivity index (χ4v) is 3.19. The van der Waals surface area contributed by atoms with Crippen molar-refractivity contribution in [3.8, 4) is 11.5 Å². The third-order valence-corrected chi connectivity index (χ3v) is 4.79. The zero-order chi connectivity index (χ0) is 19.4. The molecule has 5 heteroatoms. The summed E-state index contributed by atoms with van der Waals surface area (Å²) in [6, 6.07) is 18.9. The fourth-order valence-electron chi connectivity index (χ4n) is 3.19. The van der Waals surface area contributed by atoms with Crippen molar-refractivity contribution in [1.82, 2.24) is 5.32 Å². The van der Waals surface area contributed by atoms with Gasteiger partial charge in [-0.3, -0.25) is 4.79 Å². The summed E-state index contributed by atoms with van der Waals surface area (Å²) < 4.78 is 5.21. The van der Waals surface area contributed by atoms with Gasteiger partial charge in [-0.2, -0.15) is 0 Å². The molecule has 3 aromatic rings. The number of carbonyl (C=O) groups excluding carboxylic acids is 1. The van der Waals surface area contributed by atoms with Gasteiger partial charge >= 0.3 is 0 Å². The van der Waals surface area contributed by atoms with Crippen LogP contribution in [-0.4, -0.2) is 38.8 Å². The minimum absolute atomic E-state index is 0.00982. The van der Waals surface area contributed by atoms with Crippen molar-refractivity contribution >= 4 is 16.7 Å². The Labute approximate surface area is 159 Å². The van der Waals surface area contributed by atoms with E-state index in [9.17, 15) is 9.90 Å². The standard InChI is InChI=1S/C22H24N2O3/c1-24(2)20(15-8-10-18(27-3)11-9-15)14-23-22(26)19-12-16-6-4-5-7-17(16)13-21(19)25/h4-13,20,25H,14H2,1-3H3,(H,23,26)/p+1/t20-/m0/s1. The number of fused-ring (bicyclic) bond motifs is 1. The number of methoxy groups -OCH3 is 1. The number of amides is 1. The van der Waals surface area contributed by atoms with Gasteiger partial charge in [0.2, 0.25) is 0 Å². The largest absolute Gasteiger partial charge is 0.507 e. The SMILES string of the molecule is COc1ccc([C@H](CNC(=O)c2cc3ccccc3cc2O)[NH+](C)C)cc1. The lowest BCUT2D eigenvalue weighted by atomic mass is 10.0. The highest BCUT2D eigenvalue weighted by molar-refractivity contribution is 6.01. The molecule has 3 aromatic carbocycles. The molecule has 27 heavy (non-hydrogen) atoms. The Balaban J connectivity index is 1.77. The number of aromatic hydroxyl groups is 1. The van der Waals surface area contributed by atoms with Crippen molar-refractivity contribution in [3.63, 3.8) is 0 Å². The molecule has 0 bridgehead atoms. The van der Waals surface area contributed by atoms with Gasteiger partial charge in [0.1, 0.15) is 17.5 Å². The maximum Gasteiger partial charge on any atom is 0.255 e. The van der Waals surface area contributed by atoms with E-state index >= 15 is 0 Å².